The first-order valence-electron chi connectivity index (χ1n) is 7.25. The molecule has 0 unspecified atom stereocenters. The zero-order valence-electron chi connectivity index (χ0n) is 11.2. The molecule has 4 aliphatic rings. The van der Waals surface area contributed by atoms with Gasteiger partial charge in [-0.25, -0.2) is 0 Å². The zero-order valence-corrected chi connectivity index (χ0v) is 11.2. The van der Waals surface area contributed by atoms with Gasteiger partial charge in [0.1, 0.15) is 0 Å². The van der Waals surface area contributed by atoms with Crippen LogP contribution in [0.1, 0.15) is 0 Å². The summed E-state index contributed by atoms with van der Waals surface area (Å²) in [5, 5.41) is 0. The Bertz CT molecular complexity index is 442. The summed E-state index contributed by atoms with van der Waals surface area (Å²) in [7, 11) is 0. The van der Waals surface area contributed by atoms with Crippen molar-refractivity contribution in [3.63, 3.8) is 0 Å². The maximum absolute atomic E-state index is 12.4. The monoisotopic (exact) mass is 278 g/mol. The van der Waals surface area contributed by atoms with E-state index in [1.54, 1.807) is 0 Å². The number of imide groups is 1. The number of amides is 2. The van der Waals surface area contributed by atoms with Gasteiger partial charge in [0.2, 0.25) is 11.8 Å². The molecule has 0 aromatic heterocycles. The molecule has 0 aliphatic carbocycles. The highest BCUT2D eigenvalue weighted by molar-refractivity contribution is 6.06. The molecule has 4 atom stereocenters. The van der Waals surface area contributed by atoms with Crippen LogP contribution in [0.5, 0.6) is 0 Å². The Morgan fingerprint density at radius 1 is 1.00 bits per heavy atom. The minimum atomic E-state index is -0.276. The van der Waals surface area contributed by atoms with Gasteiger partial charge in [0.15, 0.2) is 0 Å². The second-order valence-electron chi connectivity index (χ2n) is 5.78. The molecule has 0 radical (unpaired) electrons. The number of carbonyl (C=O) groups is 2. The number of morpholine rings is 1. The Hall–Kier alpha value is -1.24. The zero-order chi connectivity index (χ0) is 13.7. The molecule has 108 valence electrons. The van der Waals surface area contributed by atoms with Gasteiger partial charge in [0.05, 0.1) is 37.3 Å². The first-order chi connectivity index (χ1) is 9.75. The van der Waals surface area contributed by atoms with Gasteiger partial charge in [0.25, 0.3) is 0 Å². The van der Waals surface area contributed by atoms with E-state index >= 15 is 0 Å². The molecule has 0 aromatic rings. The van der Waals surface area contributed by atoms with Crippen molar-refractivity contribution in [1.29, 1.82) is 0 Å². The molecule has 3 saturated heterocycles. The van der Waals surface area contributed by atoms with E-state index in [4.69, 9.17) is 9.47 Å². The highest BCUT2D eigenvalue weighted by atomic mass is 16.5. The predicted molar refractivity (Wildman–Crippen MR) is 68.8 cm³/mol. The van der Waals surface area contributed by atoms with E-state index in [2.05, 4.69) is 4.90 Å². The average molecular weight is 278 g/mol. The SMILES string of the molecule is O=C1[C@@H]2[C@@H](C(=O)N1CCN1CCOCC1)[C@@H]1C=C[C@@H]2O1. The van der Waals surface area contributed by atoms with Crippen molar-refractivity contribution in [2.45, 2.75) is 12.2 Å². The molecule has 6 heteroatoms. The summed E-state index contributed by atoms with van der Waals surface area (Å²) in [5.41, 5.74) is 0. The van der Waals surface area contributed by atoms with Crippen molar-refractivity contribution in [2.75, 3.05) is 39.4 Å². The molecular formula is C14H18N2O4. The van der Waals surface area contributed by atoms with Gasteiger partial charge in [-0.2, -0.15) is 0 Å². The molecule has 6 nitrogen and oxygen atoms in total. The lowest BCUT2D eigenvalue weighted by atomic mass is 9.85. The third kappa shape index (κ3) is 1.75. The van der Waals surface area contributed by atoms with Crippen LogP contribution in [0.15, 0.2) is 12.2 Å². The van der Waals surface area contributed by atoms with Gasteiger partial charge in [-0.15, -0.1) is 0 Å². The highest BCUT2D eigenvalue weighted by Gasteiger charge is 2.60. The predicted octanol–water partition coefficient (Wildman–Crippen LogP) is -0.743. The van der Waals surface area contributed by atoms with Crippen molar-refractivity contribution >= 4 is 11.8 Å². The van der Waals surface area contributed by atoms with Crippen molar-refractivity contribution in [1.82, 2.24) is 9.80 Å². The van der Waals surface area contributed by atoms with E-state index in [9.17, 15) is 9.59 Å². The molecule has 0 saturated carbocycles. The third-order valence-electron chi connectivity index (χ3n) is 4.75. The third-order valence-corrected chi connectivity index (χ3v) is 4.75. The summed E-state index contributed by atoms with van der Waals surface area (Å²) >= 11 is 0. The molecule has 0 spiro atoms. The Morgan fingerprint density at radius 2 is 1.60 bits per heavy atom. The van der Waals surface area contributed by atoms with Crippen LogP contribution in [0.2, 0.25) is 0 Å². The normalized spacial score (nSPS) is 39.9. The summed E-state index contributed by atoms with van der Waals surface area (Å²) in [6.07, 6.45) is 3.47. The standard InChI is InChI=1S/C14H18N2O4/c17-13-11-9-1-2-10(20-9)12(11)14(18)16(13)4-3-15-5-7-19-8-6-15/h1-2,9-12H,3-8H2/t9-,10-,11-,12-/m0/s1. The minimum absolute atomic E-state index is 0.0508. The first-order valence-corrected chi connectivity index (χ1v) is 7.25. The second kappa shape index (κ2) is 4.65. The van der Waals surface area contributed by atoms with E-state index in [1.807, 2.05) is 12.2 Å². The number of fused-ring (bicyclic) bond motifs is 5. The van der Waals surface area contributed by atoms with Crippen LogP contribution in [0.4, 0.5) is 0 Å². The van der Waals surface area contributed by atoms with Gasteiger partial charge >= 0.3 is 0 Å². The van der Waals surface area contributed by atoms with E-state index in [0.717, 1.165) is 32.8 Å². The fraction of sp³-hybridized carbons (Fsp3) is 0.714. The Balaban J connectivity index is 1.42. The van der Waals surface area contributed by atoms with Crippen LogP contribution in [0, 0.1) is 11.8 Å². The number of likely N-dealkylation sites (tertiary alicyclic amines) is 1. The topological polar surface area (TPSA) is 59.1 Å². The van der Waals surface area contributed by atoms with Gasteiger partial charge in [-0.1, -0.05) is 12.2 Å². The van der Waals surface area contributed by atoms with E-state index < -0.39 is 0 Å². The minimum Gasteiger partial charge on any atom is -0.379 e. The van der Waals surface area contributed by atoms with Crippen LogP contribution in [0.3, 0.4) is 0 Å². The molecule has 0 aromatic carbocycles. The number of hydrogen-bond donors (Lipinski definition) is 0. The van der Waals surface area contributed by atoms with Crippen molar-refractivity contribution < 1.29 is 19.1 Å². The average Bonchev–Trinajstić information content (AvgIpc) is 3.13. The largest absolute Gasteiger partial charge is 0.379 e. The van der Waals surface area contributed by atoms with Crippen LogP contribution >= 0.6 is 0 Å². The number of ether oxygens (including phenoxy) is 2. The fourth-order valence-corrected chi connectivity index (χ4v) is 3.65. The quantitative estimate of drug-likeness (QED) is 0.502. The molecule has 2 amide bonds. The Kier molecular flexibility index (Phi) is 2.90. The molecule has 4 heterocycles. The summed E-state index contributed by atoms with van der Waals surface area (Å²) in [4.78, 5) is 28.5. The molecule has 3 fully saturated rings. The lowest BCUT2D eigenvalue weighted by Crippen LogP contribution is -2.44. The molecule has 4 aliphatic heterocycles. The first kappa shape index (κ1) is 12.5. The van der Waals surface area contributed by atoms with Gasteiger partial charge < -0.3 is 9.47 Å². The number of carbonyl (C=O) groups excluding carboxylic acids is 2. The molecule has 4 rings (SSSR count). The Labute approximate surface area is 117 Å². The summed E-state index contributed by atoms with van der Waals surface area (Å²) in [6, 6.07) is 0. The summed E-state index contributed by atoms with van der Waals surface area (Å²) in [5.74, 6) is -0.653. The smallest absolute Gasteiger partial charge is 0.236 e. The summed E-state index contributed by atoms with van der Waals surface area (Å²) in [6.45, 7) is 4.44. The van der Waals surface area contributed by atoms with Crippen LogP contribution < -0.4 is 0 Å². The maximum Gasteiger partial charge on any atom is 0.236 e. The number of nitrogens with zero attached hydrogens (tertiary/aromatic N) is 2. The second-order valence-corrected chi connectivity index (χ2v) is 5.78. The lowest BCUT2D eigenvalue weighted by molar-refractivity contribution is -0.142. The van der Waals surface area contributed by atoms with E-state index in [0.29, 0.717) is 6.54 Å². The fourth-order valence-electron chi connectivity index (χ4n) is 3.65. The molecule has 2 bridgehead atoms. The molecule has 20 heavy (non-hydrogen) atoms. The highest BCUT2D eigenvalue weighted by Crippen LogP contribution is 2.44. The van der Waals surface area contributed by atoms with Crippen molar-refractivity contribution in [3.05, 3.63) is 12.2 Å². The van der Waals surface area contributed by atoms with Gasteiger partial charge in [-0.05, 0) is 0 Å². The van der Waals surface area contributed by atoms with Crippen molar-refractivity contribution in [3.8, 4) is 0 Å². The van der Waals surface area contributed by atoms with Crippen molar-refractivity contribution in [2.24, 2.45) is 11.8 Å². The lowest BCUT2D eigenvalue weighted by Gasteiger charge is -2.28. The van der Waals surface area contributed by atoms with Crippen LogP contribution in [-0.2, 0) is 19.1 Å². The maximum atomic E-state index is 12.4. The molecule has 0 N–H and O–H groups in total. The van der Waals surface area contributed by atoms with Gasteiger partial charge in [-0.3, -0.25) is 19.4 Å². The van der Waals surface area contributed by atoms with Crippen LogP contribution in [-0.4, -0.2) is 73.2 Å². The number of hydrogen-bond acceptors (Lipinski definition) is 5. The summed E-state index contributed by atoms with van der Waals surface area (Å²) < 4.78 is 10.9. The van der Waals surface area contributed by atoms with E-state index in [-0.39, 0.29) is 35.9 Å². The Morgan fingerprint density at radius 3 is 2.20 bits per heavy atom. The molecular weight excluding hydrogens is 260 g/mol. The van der Waals surface area contributed by atoms with Gasteiger partial charge in [0, 0.05) is 26.2 Å². The van der Waals surface area contributed by atoms with Crippen LogP contribution in [0.25, 0.3) is 0 Å². The number of rotatable bonds is 3. The van der Waals surface area contributed by atoms with E-state index in [1.165, 1.54) is 4.90 Å².